The van der Waals surface area contributed by atoms with E-state index in [-0.39, 0.29) is 5.56 Å². The zero-order valence-electron chi connectivity index (χ0n) is 16.5. The predicted molar refractivity (Wildman–Crippen MR) is 112 cm³/mol. The summed E-state index contributed by atoms with van der Waals surface area (Å²) in [6.45, 7) is 0.947. The first-order valence-electron chi connectivity index (χ1n) is 8.76. The van der Waals surface area contributed by atoms with E-state index < -0.39 is 29.9 Å². The first-order valence-corrected chi connectivity index (χ1v) is 9.58. The second-order valence-electron chi connectivity index (χ2n) is 6.35. The summed E-state index contributed by atoms with van der Waals surface area (Å²) < 4.78 is 31.6. The molecule has 1 aromatic heterocycles. The van der Waals surface area contributed by atoms with Gasteiger partial charge in [0.2, 0.25) is 0 Å². The maximum absolute atomic E-state index is 13.4. The molecule has 0 saturated heterocycles. The number of methoxy groups -OCH3 is 1. The molecule has 31 heavy (non-hydrogen) atoms. The van der Waals surface area contributed by atoms with E-state index in [1.54, 1.807) is 12.1 Å². The molecule has 0 spiro atoms. The van der Waals surface area contributed by atoms with Gasteiger partial charge < -0.3 is 15.8 Å². The lowest BCUT2D eigenvalue weighted by Gasteiger charge is -2.34. The third-order valence-corrected chi connectivity index (χ3v) is 5.15. The fourth-order valence-corrected chi connectivity index (χ4v) is 3.03. The number of nitrogens with two attached hydrogens (primary N) is 1. The van der Waals surface area contributed by atoms with Crippen LogP contribution in [0.4, 0.5) is 13.8 Å². The van der Waals surface area contributed by atoms with Crippen LogP contribution in [0, 0.1) is 23.7 Å². The minimum absolute atomic E-state index is 0.0918. The standard InChI is InChI=1S/C21H19F2N3O4S/c1-21(30-2,20(22)23)17(19(28)26-29)25-18(27)14-9-7-13(8-10-14)5-3-4-6-15-11-12-16(24)31-15/h7-12,17,20,29H,24H2,1-2H3,(H,25,27)(H,26,28). The predicted octanol–water partition coefficient (Wildman–Crippen LogP) is 2.01. The molecule has 7 nitrogen and oxygen atoms in total. The van der Waals surface area contributed by atoms with Crippen molar-refractivity contribution in [2.45, 2.75) is 25.0 Å². The molecule has 10 heteroatoms. The van der Waals surface area contributed by atoms with E-state index in [1.807, 2.05) is 0 Å². The molecule has 0 aliphatic heterocycles. The molecule has 2 atom stereocenters. The van der Waals surface area contributed by atoms with Gasteiger partial charge in [-0.15, -0.1) is 11.3 Å². The SMILES string of the molecule is COC(C)(C(F)F)C(NC(=O)c1ccc(C#CC#Cc2ccc(N)s2)cc1)C(=O)NO. The summed E-state index contributed by atoms with van der Waals surface area (Å²) in [5, 5.41) is 11.7. The first-order chi connectivity index (χ1) is 14.7. The number of anilines is 1. The number of hydrogen-bond donors (Lipinski definition) is 4. The molecule has 0 radical (unpaired) electrons. The second kappa shape index (κ2) is 10.5. The van der Waals surface area contributed by atoms with E-state index in [9.17, 15) is 18.4 Å². The topological polar surface area (TPSA) is 114 Å². The van der Waals surface area contributed by atoms with Crippen molar-refractivity contribution in [3.8, 4) is 23.7 Å². The molecule has 0 fully saturated rings. The van der Waals surface area contributed by atoms with E-state index >= 15 is 0 Å². The minimum atomic E-state index is -3.12. The summed E-state index contributed by atoms with van der Waals surface area (Å²) >= 11 is 1.34. The first kappa shape index (κ1) is 23.8. The van der Waals surface area contributed by atoms with E-state index in [4.69, 9.17) is 15.7 Å². The molecule has 2 amide bonds. The Labute approximate surface area is 181 Å². The van der Waals surface area contributed by atoms with Crippen LogP contribution in [0.25, 0.3) is 0 Å². The number of hydrogen-bond acceptors (Lipinski definition) is 6. The summed E-state index contributed by atoms with van der Waals surface area (Å²) in [7, 11) is 0.972. The van der Waals surface area contributed by atoms with Crippen molar-refractivity contribution in [1.82, 2.24) is 10.8 Å². The van der Waals surface area contributed by atoms with Gasteiger partial charge in [-0.25, -0.2) is 14.3 Å². The summed E-state index contributed by atoms with van der Waals surface area (Å²) in [5.74, 6) is 8.97. The van der Waals surface area contributed by atoms with E-state index in [0.29, 0.717) is 10.6 Å². The quantitative estimate of drug-likeness (QED) is 0.307. The number of carbonyl (C=O) groups is 2. The lowest BCUT2D eigenvalue weighted by Crippen LogP contribution is -2.62. The van der Waals surface area contributed by atoms with Crippen LogP contribution in [0.3, 0.4) is 0 Å². The number of nitrogens with one attached hydrogen (secondary N) is 2. The monoisotopic (exact) mass is 447 g/mol. The number of ether oxygens (including phenoxy) is 1. The number of nitrogen functional groups attached to an aromatic ring is 1. The van der Waals surface area contributed by atoms with Crippen LogP contribution >= 0.6 is 11.3 Å². The molecular formula is C21H19F2N3O4S. The molecular weight excluding hydrogens is 428 g/mol. The number of rotatable bonds is 6. The highest BCUT2D eigenvalue weighted by atomic mass is 32.1. The van der Waals surface area contributed by atoms with Crippen molar-refractivity contribution in [2.24, 2.45) is 0 Å². The van der Waals surface area contributed by atoms with Gasteiger partial charge >= 0.3 is 0 Å². The second-order valence-corrected chi connectivity index (χ2v) is 7.47. The van der Waals surface area contributed by atoms with Gasteiger partial charge in [-0.1, -0.05) is 5.92 Å². The van der Waals surface area contributed by atoms with Crippen molar-refractivity contribution in [3.05, 3.63) is 52.4 Å². The van der Waals surface area contributed by atoms with Crippen LogP contribution in [-0.4, -0.2) is 42.2 Å². The number of amides is 2. The zero-order valence-corrected chi connectivity index (χ0v) is 17.3. The molecule has 2 aromatic rings. The number of halogens is 2. The minimum Gasteiger partial charge on any atom is -0.391 e. The number of alkyl halides is 2. The third kappa shape index (κ3) is 6.03. The fraction of sp³-hybridized carbons (Fsp3) is 0.238. The Morgan fingerprint density at radius 2 is 1.81 bits per heavy atom. The Bertz CT molecular complexity index is 1060. The average molecular weight is 447 g/mol. The van der Waals surface area contributed by atoms with Gasteiger partial charge in [-0.3, -0.25) is 14.8 Å². The van der Waals surface area contributed by atoms with Crippen molar-refractivity contribution in [3.63, 3.8) is 0 Å². The third-order valence-electron chi connectivity index (χ3n) is 4.32. The van der Waals surface area contributed by atoms with Gasteiger partial charge in [-0.05, 0) is 61.1 Å². The van der Waals surface area contributed by atoms with Crippen LogP contribution in [0.2, 0.25) is 0 Å². The van der Waals surface area contributed by atoms with Gasteiger partial charge in [0.15, 0.2) is 5.60 Å². The highest BCUT2D eigenvalue weighted by Crippen LogP contribution is 2.24. The fourth-order valence-electron chi connectivity index (χ4n) is 2.40. The van der Waals surface area contributed by atoms with Gasteiger partial charge in [0.05, 0.1) is 9.88 Å². The van der Waals surface area contributed by atoms with E-state index in [2.05, 4.69) is 29.0 Å². The molecule has 162 valence electrons. The maximum atomic E-state index is 13.4. The Morgan fingerprint density at radius 3 is 2.32 bits per heavy atom. The summed E-state index contributed by atoms with van der Waals surface area (Å²) in [4.78, 5) is 25.1. The average Bonchev–Trinajstić information content (AvgIpc) is 3.19. The van der Waals surface area contributed by atoms with E-state index in [1.165, 1.54) is 41.1 Å². The zero-order chi connectivity index (χ0) is 23.0. The lowest BCUT2D eigenvalue weighted by molar-refractivity contribution is -0.157. The van der Waals surface area contributed by atoms with Crippen LogP contribution < -0.4 is 16.5 Å². The smallest absolute Gasteiger partial charge is 0.269 e. The molecule has 2 rings (SSSR count). The van der Waals surface area contributed by atoms with Crippen molar-refractivity contribution < 1.29 is 28.3 Å². The van der Waals surface area contributed by atoms with Crippen LogP contribution in [0.15, 0.2) is 36.4 Å². The van der Waals surface area contributed by atoms with E-state index in [0.717, 1.165) is 18.9 Å². The van der Waals surface area contributed by atoms with Crippen molar-refractivity contribution in [1.29, 1.82) is 0 Å². The normalized spacial score (nSPS) is 13.1. The highest BCUT2D eigenvalue weighted by Gasteiger charge is 2.48. The molecule has 0 aliphatic rings. The molecule has 5 N–H and O–H groups in total. The van der Waals surface area contributed by atoms with Crippen LogP contribution in [0.1, 0.15) is 27.7 Å². The number of carbonyl (C=O) groups excluding carboxylic acids is 2. The molecule has 2 unspecified atom stereocenters. The molecule has 0 aliphatic carbocycles. The van der Waals surface area contributed by atoms with Crippen molar-refractivity contribution in [2.75, 3.05) is 12.8 Å². The largest absolute Gasteiger partial charge is 0.391 e. The summed E-state index contributed by atoms with van der Waals surface area (Å²) in [6, 6.07) is 7.58. The van der Waals surface area contributed by atoms with Crippen LogP contribution in [-0.2, 0) is 9.53 Å². The maximum Gasteiger partial charge on any atom is 0.269 e. The lowest BCUT2D eigenvalue weighted by atomic mass is 9.95. The highest BCUT2D eigenvalue weighted by molar-refractivity contribution is 7.16. The van der Waals surface area contributed by atoms with Crippen LogP contribution in [0.5, 0.6) is 0 Å². The molecule has 1 aromatic carbocycles. The summed E-state index contributed by atoms with van der Waals surface area (Å²) in [5.41, 5.74) is 5.18. The number of hydroxylamine groups is 1. The van der Waals surface area contributed by atoms with Gasteiger partial charge in [0.1, 0.15) is 6.04 Å². The Balaban J connectivity index is 2.13. The molecule has 0 saturated carbocycles. The Kier molecular flexibility index (Phi) is 8.11. The number of thiophene rings is 1. The Morgan fingerprint density at radius 1 is 1.16 bits per heavy atom. The van der Waals surface area contributed by atoms with Crippen molar-refractivity contribution >= 4 is 28.2 Å². The van der Waals surface area contributed by atoms with Gasteiger partial charge in [0.25, 0.3) is 18.2 Å². The Hall–Kier alpha value is -3.44. The molecule has 0 bridgehead atoms. The summed E-state index contributed by atoms with van der Waals surface area (Å²) in [6.07, 6.45) is -3.12. The van der Waals surface area contributed by atoms with Gasteiger partial charge in [-0.2, -0.15) is 0 Å². The molecule has 1 heterocycles. The number of benzene rings is 1. The van der Waals surface area contributed by atoms with Gasteiger partial charge in [0, 0.05) is 18.2 Å².